The van der Waals surface area contributed by atoms with Crippen LogP contribution in [0.4, 0.5) is 0 Å². The zero-order chi connectivity index (χ0) is 24.4. The van der Waals surface area contributed by atoms with Crippen LogP contribution in [-0.4, -0.2) is 22.4 Å². The van der Waals surface area contributed by atoms with Crippen molar-refractivity contribution in [1.29, 1.82) is 0 Å². The van der Waals surface area contributed by atoms with E-state index >= 15 is 0 Å². The van der Waals surface area contributed by atoms with E-state index in [-0.39, 0.29) is 0 Å². The molecule has 3 heterocycles. The smallest absolute Gasteiger partial charge is 0.146 e. The lowest BCUT2D eigenvalue weighted by molar-refractivity contribution is 0.303. The molecule has 2 aromatic carbocycles. The summed E-state index contributed by atoms with van der Waals surface area (Å²) in [6.07, 6.45) is 7.62. The first-order valence-electron chi connectivity index (χ1n) is 11.4. The number of rotatable bonds is 7. The first-order chi connectivity index (χ1) is 17.0. The highest BCUT2D eigenvalue weighted by atomic mass is 35.5. The number of allylic oxidation sites excluding steroid dienone is 1. The summed E-state index contributed by atoms with van der Waals surface area (Å²) >= 11 is 12.2. The normalized spacial score (nSPS) is 14.3. The van der Waals surface area contributed by atoms with Gasteiger partial charge in [0, 0.05) is 47.2 Å². The van der Waals surface area contributed by atoms with E-state index in [1.54, 1.807) is 7.11 Å². The van der Waals surface area contributed by atoms with E-state index in [2.05, 4.69) is 52.0 Å². The molecule has 6 heteroatoms. The highest BCUT2D eigenvalue weighted by molar-refractivity contribution is 6.30. The van der Waals surface area contributed by atoms with Crippen molar-refractivity contribution in [2.75, 3.05) is 7.11 Å². The molecule has 1 N–H and O–H groups in total. The van der Waals surface area contributed by atoms with Crippen molar-refractivity contribution in [3.63, 3.8) is 0 Å². The molecule has 35 heavy (non-hydrogen) atoms. The lowest BCUT2D eigenvalue weighted by Crippen LogP contribution is -2.01. The molecule has 0 spiro atoms. The molecular formula is C29H25Cl2N3O. The molecule has 0 unspecified atom stereocenters. The van der Waals surface area contributed by atoms with Crippen molar-refractivity contribution in [3.05, 3.63) is 134 Å². The van der Waals surface area contributed by atoms with Crippen LogP contribution in [0.25, 0.3) is 6.08 Å². The Kier molecular flexibility index (Phi) is 6.67. The summed E-state index contributed by atoms with van der Waals surface area (Å²) in [5.74, 6) is 0.743. The van der Waals surface area contributed by atoms with E-state index in [1.807, 2.05) is 49.7 Å². The second-order valence-corrected chi connectivity index (χ2v) is 9.46. The van der Waals surface area contributed by atoms with Crippen LogP contribution in [0.3, 0.4) is 0 Å². The number of H-pyrrole nitrogens is 1. The van der Waals surface area contributed by atoms with Crippen LogP contribution in [0, 0.1) is 0 Å². The fraction of sp³-hybridized carbons (Fsp3) is 0.138. The lowest BCUT2D eigenvalue weighted by atomic mass is 10.0. The number of halogens is 2. The Morgan fingerprint density at radius 1 is 0.943 bits per heavy atom. The molecule has 0 bridgehead atoms. The first-order valence-corrected chi connectivity index (χ1v) is 12.1. The zero-order valence-corrected chi connectivity index (χ0v) is 21.1. The highest BCUT2D eigenvalue weighted by Crippen LogP contribution is 2.28. The maximum absolute atomic E-state index is 6.10. The summed E-state index contributed by atoms with van der Waals surface area (Å²) in [5, 5.41) is 1.47. The van der Waals surface area contributed by atoms with E-state index in [1.165, 1.54) is 16.7 Å². The molecule has 2 aromatic heterocycles. The molecule has 0 atom stereocenters. The van der Waals surface area contributed by atoms with Crippen LogP contribution in [0.5, 0.6) is 0 Å². The Bertz CT molecular complexity index is 1440. The minimum atomic E-state index is 0.733. The Hall–Kier alpha value is -3.47. The van der Waals surface area contributed by atoms with Crippen LogP contribution in [-0.2, 0) is 24.6 Å². The third kappa shape index (κ3) is 5.29. The van der Waals surface area contributed by atoms with Crippen molar-refractivity contribution < 1.29 is 4.74 Å². The third-order valence-electron chi connectivity index (χ3n) is 6.07. The van der Waals surface area contributed by atoms with E-state index in [9.17, 15) is 0 Å². The molecular weight excluding hydrogens is 477 g/mol. The van der Waals surface area contributed by atoms with E-state index in [0.29, 0.717) is 0 Å². The van der Waals surface area contributed by atoms with Gasteiger partial charge in [0.1, 0.15) is 11.5 Å². The number of ether oxygens (including phenoxy) is 1. The molecule has 5 rings (SSSR count). The molecule has 4 nitrogen and oxygen atoms in total. The van der Waals surface area contributed by atoms with Crippen LogP contribution < -0.4 is 0 Å². The number of benzene rings is 2. The summed E-state index contributed by atoms with van der Waals surface area (Å²) in [5.41, 5.74) is 8.41. The fourth-order valence-corrected chi connectivity index (χ4v) is 4.52. The third-order valence-corrected chi connectivity index (χ3v) is 6.58. The second-order valence-electron chi connectivity index (χ2n) is 8.58. The summed E-state index contributed by atoms with van der Waals surface area (Å²) in [4.78, 5) is 8.51. The van der Waals surface area contributed by atoms with Gasteiger partial charge < -0.3 is 14.3 Å². The topological polar surface area (TPSA) is 42.3 Å². The van der Waals surface area contributed by atoms with Gasteiger partial charge in [-0.05, 0) is 71.7 Å². The van der Waals surface area contributed by atoms with Crippen molar-refractivity contribution in [3.8, 4) is 0 Å². The highest BCUT2D eigenvalue weighted by Gasteiger charge is 2.19. The Morgan fingerprint density at radius 3 is 2.20 bits per heavy atom. The molecule has 1 aliphatic heterocycles. The van der Waals surface area contributed by atoms with Crippen LogP contribution in [0.1, 0.15) is 33.8 Å². The average molecular weight is 502 g/mol. The van der Waals surface area contributed by atoms with Gasteiger partial charge in [0.2, 0.25) is 0 Å². The number of aryl methyl sites for hydroxylation is 1. The number of methoxy groups -OCH3 is 1. The molecule has 0 amide bonds. The quantitative estimate of drug-likeness (QED) is 0.285. The summed E-state index contributed by atoms with van der Waals surface area (Å²) in [6, 6.07) is 22.2. The number of aromatic amines is 1. The number of nitrogens with zero attached hydrogens (tertiary/aromatic N) is 2. The number of hydrogen-bond donors (Lipinski definition) is 1. The van der Waals surface area contributed by atoms with Crippen LogP contribution >= 0.6 is 23.2 Å². The van der Waals surface area contributed by atoms with Gasteiger partial charge in [0.25, 0.3) is 0 Å². The monoisotopic (exact) mass is 501 g/mol. The number of aliphatic imine (C=N–C) groups is 1. The van der Waals surface area contributed by atoms with Gasteiger partial charge in [-0.1, -0.05) is 47.5 Å². The molecule has 0 fully saturated rings. The lowest BCUT2D eigenvalue weighted by Gasteiger charge is -2.04. The van der Waals surface area contributed by atoms with E-state index < -0.39 is 0 Å². The van der Waals surface area contributed by atoms with Crippen molar-refractivity contribution in [2.45, 2.75) is 12.8 Å². The average Bonchev–Trinajstić information content (AvgIpc) is 3.56. The van der Waals surface area contributed by atoms with Gasteiger partial charge in [-0.2, -0.15) is 0 Å². The Morgan fingerprint density at radius 2 is 1.60 bits per heavy atom. The van der Waals surface area contributed by atoms with Crippen LogP contribution in [0.2, 0.25) is 10.0 Å². The molecule has 4 aromatic rings. The van der Waals surface area contributed by atoms with Gasteiger partial charge in [-0.25, -0.2) is 4.99 Å². The maximum atomic E-state index is 6.10. The number of aromatic nitrogens is 2. The van der Waals surface area contributed by atoms with Gasteiger partial charge in [0.05, 0.1) is 18.5 Å². The minimum absolute atomic E-state index is 0.733. The van der Waals surface area contributed by atoms with Crippen molar-refractivity contribution >= 4 is 35.0 Å². The summed E-state index contributed by atoms with van der Waals surface area (Å²) in [7, 11) is 3.69. The molecule has 0 aliphatic carbocycles. The maximum Gasteiger partial charge on any atom is 0.146 e. The molecule has 176 valence electrons. The molecule has 0 saturated heterocycles. The van der Waals surface area contributed by atoms with E-state index in [0.717, 1.165) is 57.1 Å². The Labute approximate surface area is 215 Å². The Balaban J connectivity index is 1.52. The standard InChI is InChI=1S/C29H25Cl2N3O/c1-34-13-3-4-28(34)26-18-29(35-2)27(33-26)17-25-21(14-19-5-9-22(30)10-6-19)16-24(32-25)15-20-7-11-23(31)12-8-20/h3-13,16-18,32H,14-15H2,1-2H3/b27-17-. The number of nitrogens with one attached hydrogen (secondary N) is 1. The largest absolute Gasteiger partial charge is 0.494 e. The molecule has 0 saturated carbocycles. The van der Waals surface area contributed by atoms with Crippen molar-refractivity contribution in [1.82, 2.24) is 9.55 Å². The second kappa shape index (κ2) is 10.0. The van der Waals surface area contributed by atoms with E-state index in [4.69, 9.17) is 32.9 Å². The minimum Gasteiger partial charge on any atom is -0.494 e. The molecule has 0 radical (unpaired) electrons. The van der Waals surface area contributed by atoms with Gasteiger partial charge in [-0.15, -0.1) is 0 Å². The fourth-order valence-electron chi connectivity index (χ4n) is 4.27. The zero-order valence-electron chi connectivity index (χ0n) is 19.6. The van der Waals surface area contributed by atoms with Crippen LogP contribution in [0.15, 0.2) is 95.5 Å². The predicted octanol–water partition coefficient (Wildman–Crippen LogP) is 7.22. The summed E-state index contributed by atoms with van der Waals surface area (Å²) < 4.78 is 7.73. The number of hydrogen-bond acceptors (Lipinski definition) is 2. The SMILES string of the molecule is COC1=CC(c2cccn2C)=N/C1=C\c1[nH]c(Cc2ccc(Cl)cc2)cc1Cc1ccc(Cl)cc1. The summed E-state index contributed by atoms with van der Waals surface area (Å²) in [6.45, 7) is 0. The van der Waals surface area contributed by atoms with Gasteiger partial charge in [0.15, 0.2) is 0 Å². The van der Waals surface area contributed by atoms with Crippen molar-refractivity contribution in [2.24, 2.45) is 12.0 Å². The predicted molar refractivity (Wildman–Crippen MR) is 144 cm³/mol. The molecule has 1 aliphatic rings. The van der Waals surface area contributed by atoms with Gasteiger partial charge >= 0.3 is 0 Å². The first kappa shape index (κ1) is 23.3. The van der Waals surface area contributed by atoms with Gasteiger partial charge in [-0.3, -0.25) is 0 Å².